The van der Waals surface area contributed by atoms with Crippen LogP contribution in [-0.4, -0.2) is 19.6 Å². The van der Waals surface area contributed by atoms with Gasteiger partial charge in [-0.3, -0.25) is 0 Å². The summed E-state index contributed by atoms with van der Waals surface area (Å²) in [4.78, 5) is 0. The first kappa shape index (κ1) is 26.6. The van der Waals surface area contributed by atoms with Crippen molar-refractivity contribution in [2.45, 2.75) is 6.04 Å². The Labute approximate surface area is 196 Å². The van der Waals surface area contributed by atoms with Crippen molar-refractivity contribution in [1.82, 2.24) is 0 Å². The molecule has 0 radical (unpaired) electrons. The van der Waals surface area contributed by atoms with Crippen LogP contribution < -0.4 is 35.2 Å². The van der Waals surface area contributed by atoms with Crippen LogP contribution >= 0.6 is 0 Å². The largest absolute Gasteiger partial charge is 4.00 e. The first-order valence-corrected chi connectivity index (χ1v) is 9.94. The Hall–Kier alpha value is -1.39. The maximum absolute atomic E-state index is 8.31. The van der Waals surface area contributed by atoms with E-state index < -0.39 is 8.41 Å². The molecular formula is C23H21Cl2NSiTi. The minimum Gasteiger partial charge on any atom is -1.00 e. The van der Waals surface area contributed by atoms with Gasteiger partial charge in [0, 0.05) is 0 Å². The summed E-state index contributed by atoms with van der Waals surface area (Å²) in [7, 11) is -1.06. The van der Waals surface area contributed by atoms with E-state index in [1.165, 1.54) is 15.5 Å². The zero-order valence-electron chi connectivity index (χ0n) is 15.3. The summed E-state index contributed by atoms with van der Waals surface area (Å²) < 4.78 is 0. The smallest absolute Gasteiger partial charge is 1.00 e. The second-order valence-corrected chi connectivity index (χ2v) is 8.23. The molecule has 0 aromatic heterocycles. The third-order valence-corrected chi connectivity index (χ3v) is 6.87. The molecule has 1 nitrogen and oxygen atoms in total. The van der Waals surface area contributed by atoms with Gasteiger partial charge in [-0.2, -0.15) is 18.2 Å². The van der Waals surface area contributed by atoms with Gasteiger partial charge < -0.3 is 30.5 Å². The van der Waals surface area contributed by atoms with Crippen molar-refractivity contribution in [2.24, 2.45) is 0 Å². The van der Waals surface area contributed by atoms with E-state index in [1.807, 2.05) is 54.6 Å². The molecule has 0 saturated heterocycles. The molecule has 0 amide bonds. The summed E-state index contributed by atoms with van der Waals surface area (Å²) in [5.74, 6) is 0. The number of nitrogens with one attached hydrogen (secondary N) is 1. The van der Waals surface area contributed by atoms with Crippen molar-refractivity contribution >= 4 is 24.0 Å². The first-order chi connectivity index (χ1) is 12.4. The van der Waals surface area contributed by atoms with Crippen LogP contribution in [0.2, 0.25) is 0 Å². The third kappa shape index (κ3) is 7.56. The number of halogens is 2. The second kappa shape index (κ2) is 14.6. The quantitative estimate of drug-likeness (QED) is 0.314. The van der Waals surface area contributed by atoms with E-state index in [-0.39, 0.29) is 52.6 Å². The summed E-state index contributed by atoms with van der Waals surface area (Å²) in [6.07, 6.45) is 8.12. The molecule has 0 saturated carbocycles. The predicted octanol–water partition coefficient (Wildman–Crippen LogP) is -1.99. The van der Waals surface area contributed by atoms with Gasteiger partial charge in [0.15, 0.2) is 0 Å². The number of benzene rings is 2. The van der Waals surface area contributed by atoms with Gasteiger partial charge in [0.25, 0.3) is 0 Å². The number of allylic oxidation sites excluding steroid dienone is 2. The van der Waals surface area contributed by atoms with E-state index in [0.29, 0.717) is 0 Å². The van der Waals surface area contributed by atoms with Crippen LogP contribution in [-0.2, 0) is 21.7 Å². The SMILES string of the molecule is [Cl-].[Cl-].[NH-]C1C=CC=CC1=[Si](c1ccccc1)c1ccccc1.[Ti+4].c1cc[cH-]c1. The summed E-state index contributed by atoms with van der Waals surface area (Å²) in [5, 5.41) is 3.92. The van der Waals surface area contributed by atoms with Crippen molar-refractivity contribution in [2.75, 3.05) is 0 Å². The van der Waals surface area contributed by atoms with Crippen molar-refractivity contribution in [3.8, 4) is 0 Å². The number of hydrogen-bond donors (Lipinski definition) is 0. The molecule has 0 fully saturated rings. The van der Waals surface area contributed by atoms with Crippen LogP contribution in [0.3, 0.4) is 0 Å². The second-order valence-electron chi connectivity index (χ2n) is 5.75. The van der Waals surface area contributed by atoms with E-state index >= 15 is 0 Å². The molecule has 0 bridgehead atoms. The van der Waals surface area contributed by atoms with Gasteiger partial charge in [0.2, 0.25) is 0 Å². The van der Waals surface area contributed by atoms with Crippen LogP contribution in [0.1, 0.15) is 0 Å². The molecule has 1 unspecified atom stereocenters. The molecule has 140 valence electrons. The van der Waals surface area contributed by atoms with Crippen molar-refractivity contribution < 1.29 is 46.5 Å². The number of hydrogen-bond acceptors (Lipinski definition) is 0. The third-order valence-electron chi connectivity index (χ3n) is 3.99. The fraction of sp³-hybridized carbons (Fsp3) is 0.0435. The van der Waals surface area contributed by atoms with E-state index in [2.05, 4.69) is 60.7 Å². The Morgan fingerprint density at radius 2 is 1.21 bits per heavy atom. The normalized spacial score (nSPS) is 13.8. The zero-order valence-corrected chi connectivity index (χ0v) is 19.4. The first-order valence-electron chi connectivity index (χ1n) is 8.44. The van der Waals surface area contributed by atoms with Gasteiger partial charge >= 0.3 is 21.7 Å². The number of rotatable bonds is 2. The molecule has 0 heterocycles. The molecule has 1 atom stereocenters. The zero-order chi connectivity index (χ0) is 17.3. The van der Waals surface area contributed by atoms with E-state index in [9.17, 15) is 0 Å². The van der Waals surface area contributed by atoms with Gasteiger partial charge in [-0.05, 0) is 10.4 Å². The van der Waals surface area contributed by atoms with Gasteiger partial charge in [0.1, 0.15) is 0 Å². The van der Waals surface area contributed by atoms with E-state index in [1.54, 1.807) is 0 Å². The van der Waals surface area contributed by atoms with Crippen molar-refractivity contribution in [3.05, 3.63) is 121 Å². The van der Waals surface area contributed by atoms with E-state index in [4.69, 9.17) is 5.73 Å². The minimum atomic E-state index is -1.06. The molecule has 4 rings (SSSR count). The molecule has 3 aromatic rings. The van der Waals surface area contributed by atoms with Crippen LogP contribution in [0.25, 0.3) is 5.73 Å². The summed E-state index contributed by atoms with van der Waals surface area (Å²) in [5.41, 5.74) is 8.31. The van der Waals surface area contributed by atoms with Gasteiger partial charge in [-0.1, -0.05) is 96.2 Å². The van der Waals surface area contributed by atoms with Crippen LogP contribution in [0.15, 0.2) is 115 Å². The molecule has 0 aliphatic heterocycles. The summed E-state index contributed by atoms with van der Waals surface area (Å²) in [6, 6.07) is 31.0. The Kier molecular flexibility index (Phi) is 13.9. The van der Waals surface area contributed by atoms with Gasteiger partial charge in [-0.25, -0.2) is 12.1 Å². The molecule has 3 aromatic carbocycles. The molecule has 1 aliphatic rings. The van der Waals surface area contributed by atoms with Crippen LogP contribution in [0, 0.1) is 0 Å². The van der Waals surface area contributed by atoms with Gasteiger partial charge in [-0.15, -0.1) is 0 Å². The van der Waals surface area contributed by atoms with Crippen LogP contribution in [0.4, 0.5) is 0 Å². The van der Waals surface area contributed by atoms with Crippen molar-refractivity contribution in [1.29, 1.82) is 0 Å². The molecular weight excluding hydrogens is 437 g/mol. The minimum absolute atomic E-state index is 0. The standard InChI is InChI=1S/C18H16NSi.C5H5.2ClH.Ti/c19-17-13-7-8-14-18(17)20(15-9-3-1-4-10-15)16-11-5-2-6-12-16;1-2-4-5-3-1;;;/h1-14,17,19H;1-5H;2*1H;/q2*-1;;;+4/p-2. The van der Waals surface area contributed by atoms with E-state index in [0.717, 1.165) is 0 Å². The summed E-state index contributed by atoms with van der Waals surface area (Å²) in [6.45, 7) is 0. The van der Waals surface area contributed by atoms with Crippen LogP contribution in [0.5, 0.6) is 0 Å². The Bertz CT molecular complexity index is 801. The molecule has 1 N–H and O–H groups in total. The average molecular weight is 458 g/mol. The molecule has 28 heavy (non-hydrogen) atoms. The molecule has 5 heteroatoms. The fourth-order valence-corrected chi connectivity index (χ4v) is 5.53. The predicted molar refractivity (Wildman–Crippen MR) is 111 cm³/mol. The monoisotopic (exact) mass is 457 g/mol. The van der Waals surface area contributed by atoms with Gasteiger partial charge in [0.05, 0.1) is 8.41 Å². The topological polar surface area (TPSA) is 23.8 Å². The molecule has 1 aliphatic carbocycles. The van der Waals surface area contributed by atoms with Crippen molar-refractivity contribution in [3.63, 3.8) is 0 Å². The Morgan fingerprint density at radius 3 is 1.61 bits per heavy atom. The Morgan fingerprint density at radius 1 is 0.714 bits per heavy atom. The maximum atomic E-state index is 8.31. The molecule has 0 spiro atoms. The summed E-state index contributed by atoms with van der Waals surface area (Å²) >= 11 is 0. The maximum Gasteiger partial charge on any atom is 4.00 e. The fourth-order valence-electron chi connectivity index (χ4n) is 2.81. The average Bonchev–Trinajstić information content (AvgIpc) is 3.26. The Balaban J connectivity index is 0.000000801.